The van der Waals surface area contributed by atoms with Gasteiger partial charge in [0.15, 0.2) is 5.82 Å². The van der Waals surface area contributed by atoms with Crippen molar-refractivity contribution in [2.45, 2.75) is 102 Å². The molecule has 4 atom stereocenters. The van der Waals surface area contributed by atoms with Gasteiger partial charge in [0.05, 0.1) is 38.0 Å². The average molecular weight is 895 g/mol. The number of halogens is 4. The van der Waals surface area contributed by atoms with Gasteiger partial charge in [-0.05, 0) is 82.9 Å². The number of aryl methyl sites for hydroxylation is 1. The van der Waals surface area contributed by atoms with E-state index < -0.39 is 91.1 Å². The van der Waals surface area contributed by atoms with Gasteiger partial charge in [0.1, 0.15) is 56.9 Å². The van der Waals surface area contributed by atoms with Crippen LogP contribution in [0, 0.1) is 12.7 Å². The summed E-state index contributed by atoms with van der Waals surface area (Å²) in [7, 11) is -1.19. The Morgan fingerprint density at radius 1 is 0.889 bits per heavy atom. The minimum atomic E-state index is -5.11. The van der Waals surface area contributed by atoms with Gasteiger partial charge < -0.3 is 28.7 Å². The standard InChI is InChI=1S/C43H46F4N8O7S/c1-22-31(43(45,46)47)34(50-39(48-22)53(19-24-9-14-27(59-6)15-10-24)20-25-11-16-28(60-7)17-12-25)35-32(44)33-30-37(52-40(51-33)63(8,57)58)54-21-26-13-18-29(36(54)23(2)61-38(30)49-35)55(26)41(56)62-42(3,4)5/h9-12,14-17,23,26,29,36H,13,18-21H2,1-8H3/t23-,26+,29-,36+/m0/s1. The van der Waals surface area contributed by atoms with Gasteiger partial charge in [0.25, 0.3) is 0 Å². The predicted molar refractivity (Wildman–Crippen MR) is 223 cm³/mol. The molecule has 0 aliphatic carbocycles. The third kappa shape index (κ3) is 8.31. The number of piperazine rings is 1. The van der Waals surface area contributed by atoms with Crippen molar-refractivity contribution in [2.75, 3.05) is 36.8 Å². The van der Waals surface area contributed by atoms with E-state index in [-0.39, 0.29) is 42.7 Å². The highest BCUT2D eigenvalue weighted by molar-refractivity contribution is 7.90. The highest BCUT2D eigenvalue weighted by Gasteiger charge is 2.54. The van der Waals surface area contributed by atoms with Crippen molar-refractivity contribution in [3.63, 3.8) is 0 Å². The normalized spacial score (nSPS) is 19.6. The predicted octanol–water partition coefficient (Wildman–Crippen LogP) is 7.31. The molecule has 5 aromatic rings. The van der Waals surface area contributed by atoms with Gasteiger partial charge in [-0.15, -0.1) is 0 Å². The van der Waals surface area contributed by atoms with E-state index in [4.69, 9.17) is 18.9 Å². The van der Waals surface area contributed by atoms with E-state index in [9.17, 15) is 13.2 Å². The molecule has 0 unspecified atom stereocenters. The van der Waals surface area contributed by atoms with Gasteiger partial charge in [0, 0.05) is 25.9 Å². The summed E-state index contributed by atoms with van der Waals surface area (Å²) in [6.07, 6.45) is -4.54. The molecule has 15 nitrogen and oxygen atoms in total. The molecule has 0 radical (unpaired) electrons. The van der Waals surface area contributed by atoms with E-state index in [0.717, 1.165) is 24.3 Å². The highest BCUT2D eigenvalue weighted by Crippen LogP contribution is 2.48. The number of nitrogens with zero attached hydrogens (tertiary/aromatic N) is 8. The summed E-state index contributed by atoms with van der Waals surface area (Å²) in [6.45, 7) is 8.45. The zero-order valence-corrected chi connectivity index (χ0v) is 36.6. The molecule has 334 valence electrons. The number of hydrogen-bond donors (Lipinski definition) is 0. The molecule has 0 spiro atoms. The van der Waals surface area contributed by atoms with E-state index in [0.29, 0.717) is 24.3 Å². The second kappa shape index (κ2) is 15.9. The number of anilines is 2. The number of carbonyl (C=O) groups is 1. The number of methoxy groups -OCH3 is 2. The maximum absolute atomic E-state index is 17.5. The Bertz CT molecular complexity index is 2650. The number of hydrogen-bond acceptors (Lipinski definition) is 14. The topological polar surface area (TPSA) is 162 Å². The fourth-order valence-corrected chi connectivity index (χ4v) is 9.16. The van der Waals surface area contributed by atoms with Crippen molar-refractivity contribution in [1.82, 2.24) is 29.8 Å². The van der Waals surface area contributed by atoms with E-state index in [1.165, 1.54) is 14.2 Å². The Labute approximate surface area is 361 Å². The fourth-order valence-electron chi connectivity index (χ4n) is 8.65. The number of alkyl halides is 3. The number of aromatic nitrogens is 5. The molecule has 0 saturated carbocycles. The molecule has 2 bridgehead atoms. The van der Waals surface area contributed by atoms with Crippen molar-refractivity contribution in [3.8, 4) is 28.8 Å². The van der Waals surface area contributed by atoms with Crippen LogP contribution in [0.25, 0.3) is 22.3 Å². The Balaban J connectivity index is 1.31. The Morgan fingerprint density at radius 2 is 1.49 bits per heavy atom. The monoisotopic (exact) mass is 894 g/mol. The first-order valence-corrected chi connectivity index (χ1v) is 22.1. The quantitative estimate of drug-likeness (QED) is 0.107. The number of carbonyl (C=O) groups excluding carboxylic acids is 1. The smallest absolute Gasteiger partial charge is 0.420 e. The lowest BCUT2D eigenvalue weighted by Crippen LogP contribution is -2.65. The Hall–Kier alpha value is -6.05. The van der Waals surface area contributed by atoms with Crippen LogP contribution in [-0.4, -0.2) is 101 Å². The van der Waals surface area contributed by atoms with Crippen LogP contribution in [0.2, 0.25) is 0 Å². The molecule has 20 heteroatoms. The largest absolute Gasteiger partial charge is 0.497 e. The maximum Gasteiger partial charge on any atom is 0.420 e. The Morgan fingerprint density at radius 3 is 2.03 bits per heavy atom. The number of pyridine rings is 1. The molecule has 6 heterocycles. The highest BCUT2D eigenvalue weighted by atomic mass is 32.2. The van der Waals surface area contributed by atoms with Crippen LogP contribution in [0.5, 0.6) is 17.4 Å². The van der Waals surface area contributed by atoms with E-state index in [2.05, 4.69) is 24.9 Å². The summed E-state index contributed by atoms with van der Waals surface area (Å²) < 4.78 is 112. The van der Waals surface area contributed by atoms with E-state index >= 15 is 17.6 Å². The van der Waals surface area contributed by atoms with Crippen LogP contribution in [0.1, 0.15) is 62.9 Å². The van der Waals surface area contributed by atoms with Gasteiger partial charge in [0.2, 0.25) is 26.8 Å². The van der Waals surface area contributed by atoms with Gasteiger partial charge in [-0.25, -0.2) is 42.5 Å². The first kappa shape index (κ1) is 43.6. The van der Waals surface area contributed by atoms with Gasteiger partial charge >= 0.3 is 12.3 Å². The molecule has 8 rings (SSSR count). The number of ether oxygens (including phenoxy) is 4. The van der Waals surface area contributed by atoms with Crippen molar-refractivity contribution in [1.29, 1.82) is 0 Å². The minimum absolute atomic E-state index is 0.0378. The van der Waals surface area contributed by atoms with Crippen LogP contribution in [0.3, 0.4) is 0 Å². The Kier molecular flexibility index (Phi) is 11.0. The second-order valence-electron chi connectivity index (χ2n) is 16.9. The van der Waals surface area contributed by atoms with Crippen molar-refractivity contribution in [2.24, 2.45) is 0 Å². The second-order valence-corrected chi connectivity index (χ2v) is 18.8. The van der Waals surface area contributed by atoms with E-state index in [1.54, 1.807) is 90.9 Å². The van der Waals surface area contributed by atoms with Gasteiger partial charge in [-0.3, -0.25) is 4.90 Å². The zero-order chi connectivity index (χ0) is 45.3. The first-order chi connectivity index (χ1) is 29.6. The lowest BCUT2D eigenvalue weighted by Gasteiger charge is -2.48. The molecule has 63 heavy (non-hydrogen) atoms. The van der Waals surface area contributed by atoms with Gasteiger partial charge in [-0.2, -0.15) is 13.2 Å². The van der Waals surface area contributed by atoms with Crippen LogP contribution in [-0.2, 0) is 33.8 Å². The molecule has 2 aromatic carbocycles. The lowest BCUT2D eigenvalue weighted by molar-refractivity contribution is -0.138. The molecule has 1 amide bonds. The molecule has 2 fully saturated rings. The molecule has 3 aliphatic rings. The molecular weight excluding hydrogens is 849 g/mol. The molecule has 2 saturated heterocycles. The molecule has 0 N–H and O–H groups in total. The molecule has 3 aromatic heterocycles. The van der Waals surface area contributed by atoms with E-state index in [1.807, 2.05) is 0 Å². The number of amides is 1. The first-order valence-electron chi connectivity index (χ1n) is 20.2. The number of rotatable bonds is 9. The average Bonchev–Trinajstić information content (AvgIpc) is 3.46. The van der Waals surface area contributed by atoms with Gasteiger partial charge in [-0.1, -0.05) is 24.3 Å². The third-order valence-electron chi connectivity index (χ3n) is 11.3. The van der Waals surface area contributed by atoms with Crippen LogP contribution >= 0.6 is 0 Å². The minimum Gasteiger partial charge on any atom is -0.497 e. The summed E-state index contributed by atoms with van der Waals surface area (Å²) in [4.78, 5) is 40.5. The van der Waals surface area contributed by atoms with Crippen LogP contribution in [0.15, 0.2) is 53.7 Å². The number of benzene rings is 2. The fraction of sp³-hybridized carbons (Fsp3) is 0.442. The summed E-state index contributed by atoms with van der Waals surface area (Å²) in [6, 6.07) is 12.5. The summed E-state index contributed by atoms with van der Waals surface area (Å²) in [5.41, 5.74) is -3.64. The maximum atomic E-state index is 17.5. The van der Waals surface area contributed by atoms with Crippen molar-refractivity contribution in [3.05, 3.63) is 76.7 Å². The summed E-state index contributed by atoms with van der Waals surface area (Å²) >= 11 is 0. The number of sulfone groups is 1. The molecule has 3 aliphatic heterocycles. The zero-order valence-electron chi connectivity index (χ0n) is 35.8. The summed E-state index contributed by atoms with van der Waals surface area (Å²) in [5.74, 6) is -0.749. The third-order valence-corrected chi connectivity index (χ3v) is 12.2. The van der Waals surface area contributed by atoms with Crippen molar-refractivity contribution >= 4 is 38.6 Å². The molecular formula is C43H46F4N8O7S. The van der Waals surface area contributed by atoms with Crippen molar-refractivity contribution < 1.29 is 49.7 Å². The van der Waals surface area contributed by atoms with Crippen LogP contribution < -0.4 is 24.0 Å². The lowest BCUT2D eigenvalue weighted by atomic mass is 9.98. The SMILES string of the molecule is COc1ccc(CN(Cc2ccc(OC)cc2)c2nc(C)c(C(F)(F)F)c(-c3nc4c5c(nc(S(C)(=O)=O)nc5c3F)N3C[C@H]5CC[C@@H]([C@H]3[C@H](C)O4)N5C(=O)OC(C)(C)C)n2)cc1. The van der Waals surface area contributed by atoms with Crippen LogP contribution in [0.4, 0.5) is 34.1 Å². The summed E-state index contributed by atoms with van der Waals surface area (Å²) in [5, 5.41) is -0.897. The number of fused-ring (bicyclic) bond motifs is 5.